The van der Waals surface area contributed by atoms with E-state index in [-0.39, 0.29) is 12.5 Å². The highest BCUT2D eigenvalue weighted by Crippen LogP contribution is 2.09. The molecule has 0 atom stereocenters. The van der Waals surface area contributed by atoms with Gasteiger partial charge in [-0.1, -0.05) is 0 Å². The third-order valence-corrected chi connectivity index (χ3v) is 2.89. The molecule has 0 saturated heterocycles. The maximum absolute atomic E-state index is 11.8. The lowest BCUT2D eigenvalue weighted by atomic mass is 10.4. The summed E-state index contributed by atoms with van der Waals surface area (Å²) < 4.78 is 3.08. The van der Waals surface area contributed by atoms with Crippen molar-refractivity contribution in [2.75, 3.05) is 5.32 Å². The molecule has 0 aromatic carbocycles. The molecule has 1 N–H and O–H groups in total. The minimum absolute atomic E-state index is 0.0825. The van der Waals surface area contributed by atoms with Gasteiger partial charge < -0.3 is 5.32 Å². The molecule has 3 heterocycles. The van der Waals surface area contributed by atoms with Crippen LogP contribution in [0.25, 0.3) is 5.95 Å². The van der Waals surface area contributed by atoms with Gasteiger partial charge in [0.2, 0.25) is 5.91 Å². The molecule has 0 radical (unpaired) electrons. The Labute approximate surface area is 126 Å². The summed E-state index contributed by atoms with van der Waals surface area (Å²) in [5.74, 6) is 0.229. The van der Waals surface area contributed by atoms with Crippen molar-refractivity contribution in [3.05, 3.63) is 42.5 Å². The minimum atomic E-state index is -0.229. The predicted molar refractivity (Wildman–Crippen MR) is 77.3 cm³/mol. The molecule has 3 aromatic heterocycles. The Kier molecular flexibility index (Phi) is 3.60. The third kappa shape index (κ3) is 2.97. The van der Waals surface area contributed by atoms with Crippen molar-refractivity contribution in [3.63, 3.8) is 0 Å². The molecule has 0 saturated carbocycles. The van der Waals surface area contributed by atoms with E-state index in [9.17, 15) is 4.79 Å². The fraction of sp³-hybridized carbons (Fsp3) is 0.231. The molecular formula is C13H14N8O. The van der Waals surface area contributed by atoms with E-state index in [1.165, 1.54) is 29.7 Å². The zero-order valence-electron chi connectivity index (χ0n) is 12.1. The van der Waals surface area contributed by atoms with Gasteiger partial charge in [0, 0.05) is 5.69 Å². The maximum atomic E-state index is 11.8. The van der Waals surface area contributed by atoms with Crippen molar-refractivity contribution in [1.82, 2.24) is 34.5 Å². The molecule has 0 aliphatic carbocycles. The Bertz CT molecular complexity index is 775. The van der Waals surface area contributed by atoms with Crippen molar-refractivity contribution >= 4 is 11.6 Å². The zero-order valence-corrected chi connectivity index (χ0v) is 12.1. The molecule has 0 unspecified atom stereocenters. The van der Waals surface area contributed by atoms with E-state index in [1.807, 2.05) is 19.9 Å². The van der Waals surface area contributed by atoms with Crippen molar-refractivity contribution in [1.29, 1.82) is 0 Å². The van der Waals surface area contributed by atoms with E-state index < -0.39 is 0 Å². The highest BCUT2D eigenvalue weighted by molar-refractivity contribution is 5.90. The Morgan fingerprint density at radius 1 is 1.27 bits per heavy atom. The molecule has 0 spiro atoms. The van der Waals surface area contributed by atoms with Gasteiger partial charge in [0.25, 0.3) is 5.95 Å². The lowest BCUT2D eigenvalue weighted by Crippen LogP contribution is -2.19. The van der Waals surface area contributed by atoms with Crippen LogP contribution in [0.2, 0.25) is 0 Å². The number of hydrogen-bond acceptors (Lipinski definition) is 6. The summed E-state index contributed by atoms with van der Waals surface area (Å²) >= 11 is 0. The Balaban J connectivity index is 1.69. The molecule has 1 amide bonds. The molecule has 9 heteroatoms. The molecule has 112 valence electrons. The molecule has 9 nitrogen and oxygen atoms in total. The Hall–Kier alpha value is -3.10. The fourth-order valence-electron chi connectivity index (χ4n) is 1.99. The standard InChI is InChI=1S/C13H14N8O/c1-9-3-10(2)21(19-9)13-15-4-11(5-16-13)18-12(22)6-20-8-14-7-17-20/h3-5,7-8H,6H2,1-2H3,(H,18,22). The number of nitrogens with one attached hydrogen (secondary N) is 1. The number of rotatable bonds is 4. The van der Waals surface area contributed by atoms with Gasteiger partial charge in [0.05, 0.1) is 23.8 Å². The predicted octanol–water partition coefficient (Wildman–Crippen LogP) is 0.509. The van der Waals surface area contributed by atoms with Crippen LogP contribution in [0.3, 0.4) is 0 Å². The maximum Gasteiger partial charge on any atom is 0.250 e. The Morgan fingerprint density at radius 3 is 2.64 bits per heavy atom. The molecular weight excluding hydrogens is 284 g/mol. The summed E-state index contributed by atoms with van der Waals surface area (Å²) in [4.78, 5) is 24.0. The van der Waals surface area contributed by atoms with E-state index in [0.29, 0.717) is 11.6 Å². The van der Waals surface area contributed by atoms with Crippen LogP contribution >= 0.6 is 0 Å². The second-order valence-corrected chi connectivity index (χ2v) is 4.75. The van der Waals surface area contributed by atoms with Gasteiger partial charge in [-0.05, 0) is 19.9 Å². The number of hydrogen-bond donors (Lipinski definition) is 1. The fourth-order valence-corrected chi connectivity index (χ4v) is 1.99. The van der Waals surface area contributed by atoms with Crippen molar-refractivity contribution in [3.8, 4) is 5.95 Å². The van der Waals surface area contributed by atoms with Crippen molar-refractivity contribution in [2.24, 2.45) is 0 Å². The summed E-state index contributed by atoms with van der Waals surface area (Å²) in [6.07, 6.45) is 5.93. The second kappa shape index (κ2) is 5.72. The molecule has 3 aromatic rings. The molecule has 22 heavy (non-hydrogen) atoms. The van der Waals surface area contributed by atoms with Crippen molar-refractivity contribution < 1.29 is 4.79 Å². The number of aromatic nitrogens is 7. The SMILES string of the molecule is Cc1cc(C)n(-c2ncc(NC(=O)Cn3cncn3)cn2)n1. The van der Waals surface area contributed by atoms with Crippen LogP contribution in [-0.2, 0) is 11.3 Å². The van der Waals surface area contributed by atoms with E-state index in [4.69, 9.17) is 0 Å². The summed E-state index contributed by atoms with van der Waals surface area (Å²) in [5, 5.41) is 10.9. The minimum Gasteiger partial charge on any atom is -0.322 e. The first-order valence-corrected chi connectivity index (χ1v) is 6.60. The highest BCUT2D eigenvalue weighted by atomic mass is 16.2. The van der Waals surface area contributed by atoms with Gasteiger partial charge in [-0.15, -0.1) is 0 Å². The summed E-state index contributed by atoms with van der Waals surface area (Å²) in [5.41, 5.74) is 2.35. The average Bonchev–Trinajstić information content (AvgIpc) is 3.09. The number of anilines is 1. The van der Waals surface area contributed by atoms with Gasteiger partial charge in [-0.2, -0.15) is 10.2 Å². The van der Waals surface area contributed by atoms with Gasteiger partial charge in [0.1, 0.15) is 19.2 Å². The topological polar surface area (TPSA) is 103 Å². The quantitative estimate of drug-likeness (QED) is 0.752. The normalized spacial score (nSPS) is 10.6. The molecule has 0 bridgehead atoms. The zero-order chi connectivity index (χ0) is 15.5. The number of carbonyl (C=O) groups excluding carboxylic acids is 1. The van der Waals surface area contributed by atoms with Crippen LogP contribution in [0.15, 0.2) is 31.1 Å². The monoisotopic (exact) mass is 298 g/mol. The molecule has 3 rings (SSSR count). The van der Waals surface area contributed by atoms with Crippen LogP contribution in [0.1, 0.15) is 11.4 Å². The second-order valence-electron chi connectivity index (χ2n) is 4.75. The average molecular weight is 298 g/mol. The molecule has 0 fully saturated rings. The van der Waals surface area contributed by atoms with E-state index >= 15 is 0 Å². The number of nitrogens with zero attached hydrogens (tertiary/aromatic N) is 7. The lowest BCUT2D eigenvalue weighted by Gasteiger charge is -2.06. The largest absolute Gasteiger partial charge is 0.322 e. The summed E-state index contributed by atoms with van der Waals surface area (Å²) in [7, 11) is 0. The highest BCUT2D eigenvalue weighted by Gasteiger charge is 2.08. The first kappa shape index (κ1) is 13.9. The first-order valence-electron chi connectivity index (χ1n) is 6.60. The lowest BCUT2D eigenvalue weighted by molar-refractivity contribution is -0.116. The van der Waals surface area contributed by atoms with Crippen molar-refractivity contribution in [2.45, 2.75) is 20.4 Å². The van der Waals surface area contributed by atoms with Crippen LogP contribution in [0.4, 0.5) is 5.69 Å². The van der Waals surface area contributed by atoms with E-state index in [1.54, 1.807) is 4.68 Å². The number of amides is 1. The van der Waals surface area contributed by atoms with Crippen LogP contribution in [0, 0.1) is 13.8 Å². The summed E-state index contributed by atoms with van der Waals surface area (Å²) in [6.45, 7) is 3.92. The Morgan fingerprint density at radius 2 is 2.05 bits per heavy atom. The third-order valence-electron chi connectivity index (χ3n) is 2.89. The molecule has 0 aliphatic rings. The van der Waals surface area contributed by atoms with Crippen LogP contribution in [-0.4, -0.2) is 40.4 Å². The summed E-state index contributed by atoms with van der Waals surface area (Å²) in [6, 6.07) is 1.94. The number of aryl methyl sites for hydroxylation is 2. The van der Waals surface area contributed by atoms with Gasteiger partial charge >= 0.3 is 0 Å². The van der Waals surface area contributed by atoms with Crippen LogP contribution < -0.4 is 5.32 Å². The molecule has 0 aliphatic heterocycles. The van der Waals surface area contributed by atoms with Gasteiger partial charge in [-0.25, -0.2) is 24.3 Å². The van der Waals surface area contributed by atoms with E-state index in [0.717, 1.165) is 11.4 Å². The van der Waals surface area contributed by atoms with Gasteiger partial charge in [0.15, 0.2) is 0 Å². The smallest absolute Gasteiger partial charge is 0.250 e. The van der Waals surface area contributed by atoms with Crippen LogP contribution in [0.5, 0.6) is 0 Å². The van der Waals surface area contributed by atoms with Gasteiger partial charge in [-0.3, -0.25) is 4.79 Å². The first-order chi connectivity index (χ1) is 10.6. The van der Waals surface area contributed by atoms with E-state index in [2.05, 4.69) is 30.5 Å². The number of carbonyl (C=O) groups is 1.